The maximum atomic E-state index is 5.13. The van der Waals surface area contributed by atoms with Crippen molar-refractivity contribution >= 4 is 32.3 Å². The van der Waals surface area contributed by atoms with Crippen LogP contribution < -0.4 is 0 Å². The Morgan fingerprint density at radius 1 is 0.292 bits per heavy atom. The lowest BCUT2D eigenvalue weighted by Gasteiger charge is -2.15. The van der Waals surface area contributed by atoms with Gasteiger partial charge in [0.15, 0.2) is 5.82 Å². The molecular formula is C46H30N2. The maximum Gasteiger partial charge on any atom is 0.160 e. The van der Waals surface area contributed by atoms with Crippen molar-refractivity contribution in [3.8, 4) is 56.2 Å². The highest BCUT2D eigenvalue weighted by atomic mass is 14.9. The van der Waals surface area contributed by atoms with Crippen molar-refractivity contribution in [2.45, 2.75) is 0 Å². The molecule has 2 heteroatoms. The van der Waals surface area contributed by atoms with Gasteiger partial charge in [-0.3, -0.25) is 0 Å². The molecule has 2 nitrogen and oxygen atoms in total. The van der Waals surface area contributed by atoms with Crippen molar-refractivity contribution in [1.82, 2.24) is 9.97 Å². The number of nitrogens with zero attached hydrogens (tertiary/aromatic N) is 2. The topological polar surface area (TPSA) is 25.8 Å². The molecule has 0 spiro atoms. The quantitative estimate of drug-likeness (QED) is 0.143. The highest BCUT2D eigenvalue weighted by Crippen LogP contribution is 2.40. The minimum atomic E-state index is 0.710. The van der Waals surface area contributed by atoms with Gasteiger partial charge in [0.2, 0.25) is 0 Å². The first kappa shape index (κ1) is 27.9. The van der Waals surface area contributed by atoms with E-state index < -0.39 is 0 Å². The summed E-state index contributed by atoms with van der Waals surface area (Å²) in [4.78, 5) is 10.3. The molecule has 0 bridgehead atoms. The van der Waals surface area contributed by atoms with Crippen LogP contribution in [0, 0.1) is 0 Å². The van der Waals surface area contributed by atoms with Crippen LogP contribution in [-0.4, -0.2) is 9.97 Å². The van der Waals surface area contributed by atoms with Gasteiger partial charge in [-0.25, -0.2) is 9.97 Å². The molecule has 0 atom stereocenters. The van der Waals surface area contributed by atoms with Gasteiger partial charge < -0.3 is 0 Å². The molecule has 0 aliphatic heterocycles. The molecule has 0 amide bonds. The van der Waals surface area contributed by atoms with Gasteiger partial charge in [-0.05, 0) is 66.7 Å². The second kappa shape index (κ2) is 11.8. The Hall–Kier alpha value is -6.38. The van der Waals surface area contributed by atoms with Crippen molar-refractivity contribution in [3.63, 3.8) is 0 Å². The van der Waals surface area contributed by atoms with Gasteiger partial charge in [-0.2, -0.15) is 0 Å². The first-order valence-corrected chi connectivity index (χ1v) is 16.3. The molecule has 9 rings (SSSR count). The summed E-state index contributed by atoms with van der Waals surface area (Å²) in [7, 11) is 0. The molecular weight excluding hydrogens is 581 g/mol. The predicted molar refractivity (Wildman–Crippen MR) is 202 cm³/mol. The van der Waals surface area contributed by atoms with E-state index in [4.69, 9.17) is 9.97 Å². The van der Waals surface area contributed by atoms with Crippen molar-refractivity contribution in [3.05, 3.63) is 182 Å². The number of fused-ring (bicyclic) bond motifs is 4. The van der Waals surface area contributed by atoms with Crippen molar-refractivity contribution in [1.29, 1.82) is 0 Å². The Balaban J connectivity index is 1.21. The molecule has 224 valence electrons. The Bertz CT molecular complexity index is 2590. The molecule has 0 saturated heterocycles. The zero-order valence-corrected chi connectivity index (χ0v) is 26.2. The van der Waals surface area contributed by atoms with E-state index in [1.54, 1.807) is 0 Å². The van der Waals surface area contributed by atoms with Crippen molar-refractivity contribution < 1.29 is 0 Å². The molecule has 0 N–H and O–H groups in total. The number of aromatic nitrogens is 2. The van der Waals surface area contributed by atoms with Crippen molar-refractivity contribution in [2.24, 2.45) is 0 Å². The van der Waals surface area contributed by atoms with Crippen molar-refractivity contribution in [2.75, 3.05) is 0 Å². The molecule has 0 unspecified atom stereocenters. The Morgan fingerprint density at radius 2 is 0.875 bits per heavy atom. The Morgan fingerprint density at radius 3 is 1.65 bits per heavy atom. The van der Waals surface area contributed by atoms with Crippen LogP contribution in [0.2, 0.25) is 0 Å². The van der Waals surface area contributed by atoms with E-state index in [0.29, 0.717) is 5.82 Å². The van der Waals surface area contributed by atoms with Crippen LogP contribution in [0.3, 0.4) is 0 Å². The lowest BCUT2D eigenvalue weighted by Crippen LogP contribution is -1.97. The predicted octanol–water partition coefficient (Wildman–Crippen LogP) is 12.3. The highest BCUT2D eigenvalue weighted by Gasteiger charge is 2.16. The molecule has 0 aliphatic carbocycles. The number of benzene rings is 8. The van der Waals surface area contributed by atoms with E-state index in [-0.39, 0.29) is 0 Å². The van der Waals surface area contributed by atoms with Crippen LogP contribution in [-0.2, 0) is 0 Å². The van der Waals surface area contributed by atoms with Gasteiger partial charge in [0.05, 0.1) is 11.4 Å². The van der Waals surface area contributed by atoms with Crippen LogP contribution in [0.25, 0.3) is 88.5 Å². The molecule has 9 aromatic rings. The molecule has 48 heavy (non-hydrogen) atoms. The third kappa shape index (κ3) is 4.92. The van der Waals surface area contributed by atoms with Crippen LogP contribution in [0.1, 0.15) is 0 Å². The summed E-state index contributed by atoms with van der Waals surface area (Å²) in [6.07, 6.45) is 0. The molecule has 0 radical (unpaired) electrons. The summed E-state index contributed by atoms with van der Waals surface area (Å²) in [6.45, 7) is 0. The van der Waals surface area contributed by atoms with Gasteiger partial charge in [-0.1, -0.05) is 170 Å². The van der Waals surface area contributed by atoms with E-state index in [9.17, 15) is 0 Å². The fourth-order valence-electron chi connectivity index (χ4n) is 6.96. The maximum absolute atomic E-state index is 5.13. The third-order valence-electron chi connectivity index (χ3n) is 9.29. The molecule has 0 aliphatic rings. The average Bonchev–Trinajstić information content (AvgIpc) is 3.17. The van der Waals surface area contributed by atoms with Gasteiger partial charge in [0.1, 0.15) is 0 Å². The van der Waals surface area contributed by atoms with E-state index in [1.165, 1.54) is 43.4 Å². The fourth-order valence-corrected chi connectivity index (χ4v) is 6.96. The SMILES string of the molecule is c1ccc(-c2nc(-c3ccc(-c4c5ccccc5cc5c4ccc4ccccc45)cc3)cc(-c3ccccc3-c3ccccc3)n2)cc1. The van der Waals surface area contributed by atoms with E-state index in [0.717, 1.165) is 39.2 Å². The van der Waals surface area contributed by atoms with E-state index in [2.05, 4.69) is 164 Å². The number of hydrogen-bond donors (Lipinski definition) is 0. The van der Waals surface area contributed by atoms with E-state index >= 15 is 0 Å². The zero-order chi connectivity index (χ0) is 31.9. The zero-order valence-electron chi connectivity index (χ0n) is 26.2. The third-order valence-corrected chi connectivity index (χ3v) is 9.29. The molecule has 8 aromatic carbocycles. The summed E-state index contributed by atoms with van der Waals surface area (Å²) in [5.41, 5.74) is 9.65. The van der Waals surface area contributed by atoms with Crippen LogP contribution in [0.4, 0.5) is 0 Å². The lowest BCUT2D eigenvalue weighted by molar-refractivity contribution is 1.18. The lowest BCUT2D eigenvalue weighted by atomic mass is 9.89. The normalized spacial score (nSPS) is 11.3. The smallest absolute Gasteiger partial charge is 0.160 e. The second-order valence-corrected chi connectivity index (χ2v) is 12.2. The average molecular weight is 611 g/mol. The van der Waals surface area contributed by atoms with Crippen LogP contribution in [0.5, 0.6) is 0 Å². The molecule has 1 aromatic heterocycles. The summed E-state index contributed by atoms with van der Waals surface area (Å²) in [5, 5.41) is 7.55. The first-order valence-electron chi connectivity index (χ1n) is 16.3. The standard InChI is InChI=1S/C46H30N2/c1-3-13-31(14-4-1)37-19-11-12-22-40(37)44-30-43(47-46(48-44)35-16-5-2-6-17-35)33-23-25-34(26-24-33)45-39-21-10-8-18-36(39)29-42-38-20-9-7-15-32(38)27-28-41(42)45/h1-30H. The monoisotopic (exact) mass is 610 g/mol. The van der Waals surface area contributed by atoms with Crippen LogP contribution in [0.15, 0.2) is 182 Å². The summed E-state index contributed by atoms with van der Waals surface area (Å²) < 4.78 is 0. The minimum Gasteiger partial charge on any atom is -0.228 e. The van der Waals surface area contributed by atoms with Gasteiger partial charge in [-0.15, -0.1) is 0 Å². The van der Waals surface area contributed by atoms with Gasteiger partial charge >= 0.3 is 0 Å². The number of hydrogen-bond acceptors (Lipinski definition) is 2. The second-order valence-electron chi connectivity index (χ2n) is 12.2. The summed E-state index contributed by atoms with van der Waals surface area (Å²) >= 11 is 0. The number of rotatable bonds is 5. The fraction of sp³-hybridized carbons (Fsp3) is 0. The van der Waals surface area contributed by atoms with Crippen LogP contribution >= 0.6 is 0 Å². The largest absolute Gasteiger partial charge is 0.228 e. The minimum absolute atomic E-state index is 0.710. The summed E-state index contributed by atoms with van der Waals surface area (Å²) in [6, 6.07) is 64.5. The molecule has 0 fully saturated rings. The first-order chi connectivity index (χ1) is 23.8. The Kier molecular flexibility index (Phi) is 6.84. The summed E-state index contributed by atoms with van der Waals surface area (Å²) in [5.74, 6) is 0.710. The van der Waals surface area contributed by atoms with E-state index in [1.807, 2.05) is 18.2 Å². The Labute approximate surface area is 279 Å². The molecule has 1 heterocycles. The highest BCUT2D eigenvalue weighted by molar-refractivity contribution is 6.20. The molecule has 0 saturated carbocycles. The van der Waals surface area contributed by atoms with Gasteiger partial charge in [0.25, 0.3) is 0 Å². The van der Waals surface area contributed by atoms with Gasteiger partial charge in [0, 0.05) is 16.7 Å².